The first-order valence-electron chi connectivity index (χ1n) is 5.27. The van der Waals surface area contributed by atoms with Crippen LogP contribution in [0.2, 0.25) is 5.02 Å². The summed E-state index contributed by atoms with van der Waals surface area (Å²) in [5.74, 6) is 0.0868. The van der Waals surface area contributed by atoms with Crippen LogP contribution in [0.15, 0.2) is 41.6 Å². The molecule has 0 aliphatic rings. The first-order valence-corrected chi connectivity index (χ1v) is 7.09. The third-order valence-corrected chi connectivity index (χ3v) is 3.89. The molecule has 0 aliphatic heterocycles. The van der Waals surface area contributed by atoms with Crippen LogP contribution in [0.5, 0.6) is 5.75 Å². The first kappa shape index (κ1) is 13.8. The Hall–Kier alpha value is -1.63. The number of phenolic OH excluding ortho intramolecular Hbond substituents is 1. The third-order valence-electron chi connectivity index (χ3n) is 2.55. The van der Waals surface area contributed by atoms with Gasteiger partial charge in [0.05, 0.1) is 5.02 Å². The van der Waals surface area contributed by atoms with Crippen LogP contribution in [0.3, 0.4) is 0 Å². The van der Waals surface area contributed by atoms with Gasteiger partial charge in [-0.15, -0.1) is 0 Å². The van der Waals surface area contributed by atoms with Gasteiger partial charge in [0.15, 0.2) is 0 Å². The standard InChI is InChI=1S/C12H10ClNO4S/c13-11-9(5-6-14-12(11)19(16,17)18)7-8-3-1-2-4-10(8)15/h1-6,15H,7H2,(H,16,17,18). The van der Waals surface area contributed by atoms with Gasteiger partial charge in [0.1, 0.15) is 5.75 Å². The van der Waals surface area contributed by atoms with E-state index in [9.17, 15) is 13.5 Å². The van der Waals surface area contributed by atoms with E-state index in [1.165, 1.54) is 18.3 Å². The molecule has 0 aliphatic carbocycles. The molecule has 7 heteroatoms. The van der Waals surface area contributed by atoms with Gasteiger partial charge in [0.2, 0.25) is 5.03 Å². The lowest BCUT2D eigenvalue weighted by Crippen LogP contribution is -2.04. The minimum Gasteiger partial charge on any atom is -0.508 e. The maximum atomic E-state index is 11.1. The molecule has 0 atom stereocenters. The van der Waals surface area contributed by atoms with Crippen LogP contribution in [-0.4, -0.2) is 23.1 Å². The van der Waals surface area contributed by atoms with E-state index in [0.29, 0.717) is 11.1 Å². The molecule has 2 N–H and O–H groups in total. The average Bonchev–Trinajstić information content (AvgIpc) is 2.33. The number of halogens is 1. The highest BCUT2D eigenvalue weighted by Crippen LogP contribution is 2.27. The highest BCUT2D eigenvalue weighted by atomic mass is 35.5. The largest absolute Gasteiger partial charge is 0.508 e. The summed E-state index contributed by atoms with van der Waals surface area (Å²) < 4.78 is 31.2. The van der Waals surface area contributed by atoms with Gasteiger partial charge < -0.3 is 5.11 Å². The Bertz CT molecular complexity index is 715. The van der Waals surface area contributed by atoms with Crippen LogP contribution >= 0.6 is 11.6 Å². The van der Waals surface area contributed by atoms with Crippen LogP contribution in [0.25, 0.3) is 0 Å². The van der Waals surface area contributed by atoms with Crippen molar-refractivity contribution >= 4 is 21.7 Å². The molecule has 1 aromatic carbocycles. The van der Waals surface area contributed by atoms with Gasteiger partial charge in [-0.05, 0) is 23.3 Å². The maximum Gasteiger partial charge on any atom is 0.313 e. The smallest absolute Gasteiger partial charge is 0.313 e. The second kappa shape index (κ2) is 5.16. The summed E-state index contributed by atoms with van der Waals surface area (Å²) in [6, 6.07) is 8.17. The molecule has 1 aromatic heterocycles. The van der Waals surface area contributed by atoms with E-state index in [1.54, 1.807) is 18.2 Å². The Morgan fingerprint density at radius 3 is 2.47 bits per heavy atom. The molecule has 1 heterocycles. The van der Waals surface area contributed by atoms with Crippen molar-refractivity contribution in [2.24, 2.45) is 0 Å². The van der Waals surface area contributed by atoms with Crippen molar-refractivity contribution in [3.63, 3.8) is 0 Å². The molecule has 2 rings (SSSR count). The molecule has 0 radical (unpaired) electrons. The van der Waals surface area contributed by atoms with Gasteiger partial charge in [0.25, 0.3) is 0 Å². The molecule has 0 unspecified atom stereocenters. The van der Waals surface area contributed by atoms with E-state index < -0.39 is 15.1 Å². The van der Waals surface area contributed by atoms with Crippen LogP contribution in [0.4, 0.5) is 0 Å². The molecule has 0 spiro atoms. The number of para-hydroxylation sites is 1. The van der Waals surface area contributed by atoms with Gasteiger partial charge in [-0.3, -0.25) is 4.55 Å². The minimum atomic E-state index is -4.46. The summed E-state index contributed by atoms with van der Waals surface area (Å²) in [4.78, 5) is 3.54. The molecule has 0 amide bonds. The van der Waals surface area contributed by atoms with E-state index in [4.69, 9.17) is 16.2 Å². The summed E-state index contributed by atoms with van der Waals surface area (Å²) in [5.41, 5.74) is 1.04. The van der Waals surface area contributed by atoms with E-state index in [2.05, 4.69) is 4.98 Å². The summed E-state index contributed by atoms with van der Waals surface area (Å²) in [6.45, 7) is 0. The summed E-state index contributed by atoms with van der Waals surface area (Å²) >= 11 is 5.91. The lowest BCUT2D eigenvalue weighted by atomic mass is 10.1. The number of rotatable bonds is 3. The highest BCUT2D eigenvalue weighted by molar-refractivity contribution is 7.85. The Morgan fingerprint density at radius 1 is 1.16 bits per heavy atom. The van der Waals surface area contributed by atoms with Crippen molar-refractivity contribution in [1.82, 2.24) is 4.98 Å². The normalized spacial score (nSPS) is 11.5. The van der Waals surface area contributed by atoms with Crippen LogP contribution in [0.1, 0.15) is 11.1 Å². The lowest BCUT2D eigenvalue weighted by molar-refractivity contribution is 0.469. The Kier molecular flexibility index (Phi) is 3.75. The van der Waals surface area contributed by atoms with Gasteiger partial charge in [0, 0.05) is 12.6 Å². The van der Waals surface area contributed by atoms with Gasteiger partial charge in [-0.25, -0.2) is 4.98 Å². The van der Waals surface area contributed by atoms with E-state index >= 15 is 0 Å². The quantitative estimate of drug-likeness (QED) is 0.849. The average molecular weight is 300 g/mol. The number of nitrogens with zero attached hydrogens (tertiary/aromatic N) is 1. The van der Waals surface area contributed by atoms with E-state index in [-0.39, 0.29) is 17.2 Å². The fourth-order valence-electron chi connectivity index (χ4n) is 1.64. The predicted molar refractivity (Wildman–Crippen MR) is 70.0 cm³/mol. The monoisotopic (exact) mass is 299 g/mol. The van der Waals surface area contributed by atoms with Crippen molar-refractivity contribution in [3.05, 3.63) is 52.7 Å². The van der Waals surface area contributed by atoms with Crippen molar-refractivity contribution in [1.29, 1.82) is 0 Å². The molecule has 19 heavy (non-hydrogen) atoms. The third kappa shape index (κ3) is 3.04. The van der Waals surface area contributed by atoms with Crippen molar-refractivity contribution in [2.45, 2.75) is 11.4 Å². The summed E-state index contributed by atoms with van der Waals surface area (Å²) in [6.07, 6.45) is 1.47. The van der Waals surface area contributed by atoms with E-state index in [0.717, 1.165) is 0 Å². The SMILES string of the molecule is O=S(=O)(O)c1nccc(Cc2ccccc2O)c1Cl. The maximum absolute atomic E-state index is 11.1. The summed E-state index contributed by atoms with van der Waals surface area (Å²) in [5, 5.41) is 8.94. The number of pyridine rings is 1. The second-order valence-electron chi connectivity index (χ2n) is 3.87. The number of hydrogen-bond donors (Lipinski definition) is 2. The molecule has 5 nitrogen and oxygen atoms in total. The van der Waals surface area contributed by atoms with E-state index in [1.807, 2.05) is 0 Å². The number of aromatic nitrogens is 1. The number of aromatic hydroxyl groups is 1. The van der Waals surface area contributed by atoms with Crippen LogP contribution in [-0.2, 0) is 16.5 Å². The molecule has 100 valence electrons. The topological polar surface area (TPSA) is 87.5 Å². The Labute approximate surface area is 115 Å². The predicted octanol–water partition coefficient (Wildman–Crippen LogP) is 2.28. The Morgan fingerprint density at radius 2 is 1.84 bits per heavy atom. The zero-order valence-corrected chi connectivity index (χ0v) is 11.2. The zero-order valence-electron chi connectivity index (χ0n) is 9.62. The minimum absolute atomic E-state index is 0.0868. The number of hydrogen-bond acceptors (Lipinski definition) is 4. The first-order chi connectivity index (χ1) is 8.89. The molecular weight excluding hydrogens is 290 g/mol. The molecule has 2 aromatic rings. The fraction of sp³-hybridized carbons (Fsp3) is 0.0833. The van der Waals surface area contributed by atoms with Crippen molar-refractivity contribution in [2.75, 3.05) is 0 Å². The highest BCUT2D eigenvalue weighted by Gasteiger charge is 2.19. The molecule has 0 bridgehead atoms. The zero-order chi connectivity index (χ0) is 14.0. The number of phenols is 1. The molecule has 0 saturated heterocycles. The van der Waals surface area contributed by atoms with Crippen molar-refractivity contribution in [3.8, 4) is 5.75 Å². The molecular formula is C12H10ClNO4S. The molecule has 0 saturated carbocycles. The van der Waals surface area contributed by atoms with Crippen LogP contribution in [0, 0.1) is 0 Å². The van der Waals surface area contributed by atoms with Gasteiger partial charge in [-0.2, -0.15) is 8.42 Å². The van der Waals surface area contributed by atoms with Gasteiger partial charge >= 0.3 is 10.1 Å². The van der Waals surface area contributed by atoms with Gasteiger partial charge in [-0.1, -0.05) is 29.8 Å². The summed E-state index contributed by atoms with van der Waals surface area (Å²) in [7, 11) is -4.46. The number of benzene rings is 1. The van der Waals surface area contributed by atoms with Crippen molar-refractivity contribution < 1.29 is 18.1 Å². The Balaban J connectivity index is 2.46. The van der Waals surface area contributed by atoms with Crippen LogP contribution < -0.4 is 0 Å². The molecule has 0 fully saturated rings. The lowest BCUT2D eigenvalue weighted by Gasteiger charge is -2.08. The second-order valence-corrected chi connectivity index (χ2v) is 5.58. The fourth-order valence-corrected chi connectivity index (χ4v) is 2.67.